The summed E-state index contributed by atoms with van der Waals surface area (Å²) in [7, 11) is 0. The second-order valence-electron chi connectivity index (χ2n) is 5.58. The zero-order chi connectivity index (χ0) is 12.5. The van der Waals surface area contributed by atoms with Crippen molar-refractivity contribution in [3.63, 3.8) is 0 Å². The molecule has 1 aromatic rings. The molecule has 1 fully saturated rings. The molecule has 2 rings (SSSR count). The predicted molar refractivity (Wildman–Crippen MR) is 74.2 cm³/mol. The van der Waals surface area contributed by atoms with Crippen molar-refractivity contribution in [2.75, 3.05) is 6.54 Å². The molecule has 3 heteroatoms. The summed E-state index contributed by atoms with van der Waals surface area (Å²) in [4.78, 5) is 0. The minimum atomic E-state index is -0.613. The SMILES string of the molecule is CC(C)(O)CNC1CC(c2ccccc2Br)C1. The topological polar surface area (TPSA) is 32.3 Å². The van der Waals surface area contributed by atoms with E-state index in [0.29, 0.717) is 18.5 Å². The number of nitrogens with one attached hydrogen (secondary N) is 1. The van der Waals surface area contributed by atoms with E-state index in [-0.39, 0.29) is 0 Å². The maximum absolute atomic E-state index is 9.64. The van der Waals surface area contributed by atoms with Gasteiger partial charge in [0.05, 0.1) is 5.60 Å². The molecule has 1 aromatic carbocycles. The molecular weight excluding hydrogens is 278 g/mol. The van der Waals surface area contributed by atoms with Gasteiger partial charge in [-0.2, -0.15) is 0 Å². The largest absolute Gasteiger partial charge is 0.389 e. The molecule has 0 saturated heterocycles. The molecule has 94 valence electrons. The molecule has 1 saturated carbocycles. The summed E-state index contributed by atoms with van der Waals surface area (Å²) in [6.07, 6.45) is 2.33. The summed E-state index contributed by atoms with van der Waals surface area (Å²) in [5, 5.41) is 13.1. The van der Waals surface area contributed by atoms with Crippen LogP contribution in [-0.2, 0) is 0 Å². The van der Waals surface area contributed by atoms with Crippen LogP contribution in [0, 0.1) is 0 Å². The number of rotatable bonds is 4. The Kier molecular flexibility index (Phi) is 3.91. The van der Waals surface area contributed by atoms with Crippen molar-refractivity contribution in [3.05, 3.63) is 34.3 Å². The van der Waals surface area contributed by atoms with Gasteiger partial charge in [-0.25, -0.2) is 0 Å². The summed E-state index contributed by atoms with van der Waals surface area (Å²) >= 11 is 3.60. The van der Waals surface area contributed by atoms with Crippen molar-refractivity contribution in [1.29, 1.82) is 0 Å². The highest BCUT2D eigenvalue weighted by atomic mass is 79.9. The van der Waals surface area contributed by atoms with Gasteiger partial charge in [0.25, 0.3) is 0 Å². The van der Waals surface area contributed by atoms with Crippen molar-refractivity contribution < 1.29 is 5.11 Å². The zero-order valence-corrected chi connectivity index (χ0v) is 12.0. The zero-order valence-electron chi connectivity index (χ0n) is 10.4. The van der Waals surface area contributed by atoms with Crippen molar-refractivity contribution in [1.82, 2.24) is 5.32 Å². The first-order valence-corrected chi connectivity index (χ1v) is 6.95. The van der Waals surface area contributed by atoms with E-state index in [1.165, 1.54) is 22.9 Å². The Morgan fingerprint density at radius 1 is 1.35 bits per heavy atom. The average Bonchev–Trinajstić information content (AvgIpc) is 2.16. The van der Waals surface area contributed by atoms with Crippen LogP contribution in [-0.4, -0.2) is 23.3 Å². The molecule has 0 aliphatic heterocycles. The average molecular weight is 298 g/mol. The number of hydrogen-bond donors (Lipinski definition) is 2. The highest BCUT2D eigenvalue weighted by molar-refractivity contribution is 9.10. The smallest absolute Gasteiger partial charge is 0.0715 e. The van der Waals surface area contributed by atoms with E-state index in [2.05, 4.69) is 45.5 Å². The first kappa shape index (κ1) is 13.1. The van der Waals surface area contributed by atoms with Crippen molar-refractivity contribution in [2.45, 2.75) is 44.2 Å². The Balaban J connectivity index is 1.81. The molecule has 0 amide bonds. The quantitative estimate of drug-likeness (QED) is 0.895. The van der Waals surface area contributed by atoms with Gasteiger partial charge in [0.2, 0.25) is 0 Å². The number of benzene rings is 1. The lowest BCUT2D eigenvalue weighted by molar-refractivity contribution is 0.0708. The highest BCUT2D eigenvalue weighted by Gasteiger charge is 2.31. The third-order valence-electron chi connectivity index (χ3n) is 3.31. The molecule has 0 radical (unpaired) electrons. The molecule has 17 heavy (non-hydrogen) atoms. The van der Waals surface area contributed by atoms with Gasteiger partial charge in [-0.1, -0.05) is 34.1 Å². The van der Waals surface area contributed by atoms with Crippen molar-refractivity contribution in [2.24, 2.45) is 0 Å². The van der Waals surface area contributed by atoms with E-state index in [1.807, 2.05) is 13.8 Å². The van der Waals surface area contributed by atoms with Gasteiger partial charge in [-0.3, -0.25) is 0 Å². The second-order valence-corrected chi connectivity index (χ2v) is 6.43. The molecule has 0 atom stereocenters. The van der Waals surface area contributed by atoms with E-state index in [4.69, 9.17) is 0 Å². The standard InChI is InChI=1S/C14H20BrNO/c1-14(2,17)9-16-11-7-10(8-11)12-5-3-4-6-13(12)15/h3-6,10-11,16-17H,7-9H2,1-2H3. The maximum Gasteiger partial charge on any atom is 0.0715 e. The second kappa shape index (κ2) is 5.09. The van der Waals surface area contributed by atoms with Crippen LogP contribution < -0.4 is 5.32 Å². The van der Waals surface area contributed by atoms with Crippen LogP contribution in [0.1, 0.15) is 38.2 Å². The maximum atomic E-state index is 9.64. The molecule has 0 heterocycles. The van der Waals surface area contributed by atoms with Crippen LogP contribution in [0.5, 0.6) is 0 Å². The molecule has 0 aromatic heterocycles. The minimum Gasteiger partial charge on any atom is -0.389 e. The Morgan fingerprint density at radius 2 is 2.00 bits per heavy atom. The van der Waals surface area contributed by atoms with Gasteiger partial charge in [-0.05, 0) is 44.2 Å². The van der Waals surface area contributed by atoms with Crippen molar-refractivity contribution >= 4 is 15.9 Å². The third-order valence-corrected chi connectivity index (χ3v) is 4.03. The van der Waals surface area contributed by atoms with E-state index in [1.54, 1.807) is 0 Å². The fourth-order valence-corrected chi connectivity index (χ4v) is 2.85. The Labute approximate surface area is 112 Å². The van der Waals surface area contributed by atoms with Crippen LogP contribution in [0.4, 0.5) is 0 Å². The summed E-state index contributed by atoms with van der Waals surface area (Å²) in [6.45, 7) is 4.34. The van der Waals surface area contributed by atoms with E-state index < -0.39 is 5.60 Å². The first-order chi connectivity index (χ1) is 7.96. The number of halogens is 1. The van der Waals surface area contributed by atoms with Gasteiger partial charge in [-0.15, -0.1) is 0 Å². The molecule has 2 N–H and O–H groups in total. The van der Waals surface area contributed by atoms with E-state index >= 15 is 0 Å². The summed E-state index contributed by atoms with van der Waals surface area (Å²) in [5.74, 6) is 0.657. The summed E-state index contributed by atoms with van der Waals surface area (Å²) in [6, 6.07) is 9.00. The van der Waals surface area contributed by atoms with Crippen molar-refractivity contribution in [3.8, 4) is 0 Å². The van der Waals surface area contributed by atoms with Gasteiger partial charge >= 0.3 is 0 Å². The Hall–Kier alpha value is -0.380. The third kappa shape index (κ3) is 3.54. The van der Waals surface area contributed by atoms with E-state index in [0.717, 1.165) is 0 Å². The summed E-state index contributed by atoms with van der Waals surface area (Å²) < 4.78 is 1.21. The summed E-state index contributed by atoms with van der Waals surface area (Å²) in [5.41, 5.74) is 0.798. The fraction of sp³-hybridized carbons (Fsp3) is 0.571. The first-order valence-electron chi connectivity index (χ1n) is 6.16. The number of hydrogen-bond acceptors (Lipinski definition) is 2. The monoisotopic (exact) mass is 297 g/mol. The van der Waals surface area contributed by atoms with Gasteiger partial charge in [0, 0.05) is 17.1 Å². The minimum absolute atomic E-state index is 0.554. The molecule has 2 nitrogen and oxygen atoms in total. The van der Waals surface area contributed by atoms with Crippen LogP contribution in [0.3, 0.4) is 0 Å². The highest BCUT2D eigenvalue weighted by Crippen LogP contribution is 2.39. The van der Waals surface area contributed by atoms with Crippen LogP contribution in [0.25, 0.3) is 0 Å². The van der Waals surface area contributed by atoms with Gasteiger partial charge < -0.3 is 10.4 Å². The molecule has 1 aliphatic carbocycles. The lowest BCUT2D eigenvalue weighted by atomic mass is 9.76. The molecule has 1 aliphatic rings. The fourth-order valence-electron chi connectivity index (χ4n) is 2.24. The predicted octanol–water partition coefficient (Wildman–Crippen LogP) is 3.06. The van der Waals surface area contributed by atoms with Crippen LogP contribution >= 0.6 is 15.9 Å². The Morgan fingerprint density at radius 3 is 2.59 bits per heavy atom. The van der Waals surface area contributed by atoms with Crippen LogP contribution in [0.15, 0.2) is 28.7 Å². The lowest BCUT2D eigenvalue weighted by Gasteiger charge is -2.38. The molecule has 0 unspecified atom stereocenters. The van der Waals surface area contributed by atoms with Crippen LogP contribution in [0.2, 0.25) is 0 Å². The number of aliphatic hydroxyl groups is 1. The molecule has 0 bridgehead atoms. The molecule has 0 spiro atoms. The van der Waals surface area contributed by atoms with Gasteiger partial charge in [0.1, 0.15) is 0 Å². The van der Waals surface area contributed by atoms with E-state index in [9.17, 15) is 5.11 Å². The Bertz CT molecular complexity index is 380. The van der Waals surface area contributed by atoms with Gasteiger partial charge in [0.15, 0.2) is 0 Å². The normalized spacial score (nSPS) is 24.5. The molecular formula is C14H20BrNO. The lowest BCUT2D eigenvalue weighted by Crippen LogP contribution is -2.46.